The predicted octanol–water partition coefficient (Wildman–Crippen LogP) is 2.37. The molecule has 1 aromatic rings. The summed E-state index contributed by atoms with van der Waals surface area (Å²) < 4.78 is 13.3. The number of rotatable bonds is 1. The normalized spacial score (nSPS) is 21.7. The van der Waals surface area contributed by atoms with Crippen LogP contribution in [0.5, 0.6) is 0 Å². The van der Waals surface area contributed by atoms with Crippen LogP contribution in [0, 0.1) is 5.82 Å². The van der Waals surface area contributed by atoms with Gasteiger partial charge in [-0.2, -0.15) is 0 Å². The highest BCUT2D eigenvalue weighted by Gasteiger charge is 2.18. The van der Waals surface area contributed by atoms with E-state index >= 15 is 0 Å². The third-order valence-corrected chi connectivity index (χ3v) is 3.07. The molecule has 0 amide bonds. The van der Waals surface area contributed by atoms with Crippen LogP contribution in [0.1, 0.15) is 11.6 Å². The summed E-state index contributed by atoms with van der Waals surface area (Å²) >= 11 is 11.6. The Bertz CT molecular complexity index is 365. The van der Waals surface area contributed by atoms with Gasteiger partial charge >= 0.3 is 0 Å². The minimum Gasteiger partial charge on any atom is -0.314 e. The van der Waals surface area contributed by atoms with Crippen LogP contribution in [0.15, 0.2) is 12.1 Å². The van der Waals surface area contributed by atoms with Crippen LogP contribution < -0.4 is 10.6 Å². The molecule has 0 unspecified atom stereocenters. The fraction of sp³-hybridized carbons (Fsp3) is 0.400. The monoisotopic (exact) mass is 248 g/mol. The van der Waals surface area contributed by atoms with Crippen LogP contribution in [0.25, 0.3) is 0 Å². The summed E-state index contributed by atoms with van der Waals surface area (Å²) in [6.45, 7) is 2.52. The molecule has 2 N–H and O–H groups in total. The zero-order chi connectivity index (χ0) is 10.8. The topological polar surface area (TPSA) is 24.1 Å². The minimum atomic E-state index is -0.427. The molecular weight excluding hydrogens is 238 g/mol. The zero-order valence-corrected chi connectivity index (χ0v) is 9.50. The van der Waals surface area contributed by atoms with Crippen molar-refractivity contribution >= 4 is 23.2 Å². The second-order valence-corrected chi connectivity index (χ2v) is 4.31. The van der Waals surface area contributed by atoms with Gasteiger partial charge in [0.15, 0.2) is 0 Å². The summed E-state index contributed by atoms with van der Waals surface area (Å²) in [6.07, 6.45) is 0. The summed E-state index contributed by atoms with van der Waals surface area (Å²) in [5.74, 6) is -0.427. The van der Waals surface area contributed by atoms with E-state index in [1.807, 2.05) is 0 Å². The van der Waals surface area contributed by atoms with E-state index in [0.717, 1.165) is 25.2 Å². The van der Waals surface area contributed by atoms with Crippen molar-refractivity contribution in [2.45, 2.75) is 6.04 Å². The summed E-state index contributed by atoms with van der Waals surface area (Å²) in [5, 5.41) is 7.05. The zero-order valence-electron chi connectivity index (χ0n) is 7.99. The maximum atomic E-state index is 13.3. The molecule has 0 aliphatic carbocycles. The van der Waals surface area contributed by atoms with Gasteiger partial charge in [-0.3, -0.25) is 0 Å². The summed E-state index contributed by atoms with van der Waals surface area (Å²) in [7, 11) is 0. The quantitative estimate of drug-likeness (QED) is 0.746. The lowest BCUT2D eigenvalue weighted by Gasteiger charge is -2.25. The minimum absolute atomic E-state index is 0.0537. The SMILES string of the molecule is Fc1cc([C@H]2CNCCN2)c(Cl)cc1Cl. The maximum absolute atomic E-state index is 13.3. The van der Waals surface area contributed by atoms with E-state index in [-0.39, 0.29) is 11.1 Å². The first-order valence-electron chi connectivity index (χ1n) is 4.77. The van der Waals surface area contributed by atoms with Crippen molar-refractivity contribution in [3.63, 3.8) is 0 Å². The smallest absolute Gasteiger partial charge is 0.142 e. The number of benzene rings is 1. The first-order chi connectivity index (χ1) is 7.18. The highest BCUT2D eigenvalue weighted by molar-refractivity contribution is 6.35. The summed E-state index contributed by atoms with van der Waals surface area (Å²) in [6, 6.07) is 2.90. The van der Waals surface area contributed by atoms with Gasteiger partial charge in [-0.25, -0.2) is 4.39 Å². The van der Waals surface area contributed by atoms with Gasteiger partial charge in [0.2, 0.25) is 0 Å². The maximum Gasteiger partial charge on any atom is 0.142 e. The molecule has 15 heavy (non-hydrogen) atoms. The van der Waals surface area contributed by atoms with Gasteiger partial charge in [0.25, 0.3) is 0 Å². The molecular formula is C10H11Cl2FN2. The lowest BCUT2D eigenvalue weighted by atomic mass is 10.1. The van der Waals surface area contributed by atoms with E-state index in [0.29, 0.717) is 5.02 Å². The Balaban J connectivity index is 2.30. The predicted molar refractivity (Wildman–Crippen MR) is 60.0 cm³/mol. The van der Waals surface area contributed by atoms with Gasteiger partial charge < -0.3 is 10.6 Å². The average Bonchev–Trinajstić information content (AvgIpc) is 2.25. The van der Waals surface area contributed by atoms with Gasteiger partial charge in [-0.1, -0.05) is 23.2 Å². The van der Waals surface area contributed by atoms with E-state index in [1.54, 1.807) is 0 Å². The molecule has 5 heteroatoms. The van der Waals surface area contributed by atoms with Crippen molar-refractivity contribution in [1.29, 1.82) is 0 Å². The summed E-state index contributed by atoms with van der Waals surface area (Å²) in [5.41, 5.74) is 0.755. The Morgan fingerprint density at radius 3 is 2.67 bits per heavy atom. The molecule has 0 saturated carbocycles. The number of halogens is 3. The molecule has 2 rings (SSSR count). The standard InChI is InChI=1S/C10H11Cl2FN2/c11-7-4-8(12)9(13)3-6(7)10-5-14-1-2-15-10/h3-4,10,14-15H,1-2,5H2/t10-/m1/s1. The Hall–Kier alpha value is -0.350. The van der Waals surface area contributed by atoms with Gasteiger partial charge in [0.05, 0.1) is 5.02 Å². The number of hydrogen-bond acceptors (Lipinski definition) is 2. The second kappa shape index (κ2) is 4.66. The molecule has 1 atom stereocenters. The molecule has 1 saturated heterocycles. The van der Waals surface area contributed by atoms with Crippen molar-refractivity contribution in [1.82, 2.24) is 10.6 Å². The highest BCUT2D eigenvalue weighted by Crippen LogP contribution is 2.28. The third-order valence-electron chi connectivity index (χ3n) is 2.46. The molecule has 0 bridgehead atoms. The first-order valence-corrected chi connectivity index (χ1v) is 5.52. The second-order valence-electron chi connectivity index (χ2n) is 3.50. The van der Waals surface area contributed by atoms with Crippen molar-refractivity contribution in [3.05, 3.63) is 33.6 Å². The Labute approximate surface area is 97.8 Å². The van der Waals surface area contributed by atoms with Crippen LogP contribution >= 0.6 is 23.2 Å². The average molecular weight is 249 g/mol. The van der Waals surface area contributed by atoms with E-state index in [1.165, 1.54) is 12.1 Å². The largest absolute Gasteiger partial charge is 0.314 e. The number of piperazine rings is 1. The summed E-state index contributed by atoms with van der Waals surface area (Å²) in [4.78, 5) is 0. The lowest BCUT2D eigenvalue weighted by molar-refractivity contribution is 0.429. The van der Waals surface area contributed by atoms with Crippen molar-refractivity contribution in [3.8, 4) is 0 Å². The lowest BCUT2D eigenvalue weighted by Crippen LogP contribution is -2.42. The van der Waals surface area contributed by atoms with Crippen molar-refractivity contribution < 1.29 is 4.39 Å². The Kier molecular flexibility index (Phi) is 3.46. The molecule has 1 fully saturated rings. The van der Waals surface area contributed by atoms with Crippen molar-refractivity contribution in [2.24, 2.45) is 0 Å². The first kappa shape index (κ1) is 11.1. The number of hydrogen-bond donors (Lipinski definition) is 2. The molecule has 82 valence electrons. The van der Waals surface area contributed by atoms with Gasteiger partial charge in [-0.05, 0) is 17.7 Å². The molecule has 0 radical (unpaired) electrons. The van der Waals surface area contributed by atoms with Gasteiger partial charge in [0, 0.05) is 30.7 Å². The van der Waals surface area contributed by atoms with E-state index in [9.17, 15) is 4.39 Å². The van der Waals surface area contributed by atoms with E-state index in [2.05, 4.69) is 10.6 Å². The molecule has 1 aliphatic rings. The molecule has 1 aromatic carbocycles. The van der Waals surface area contributed by atoms with Crippen LogP contribution in [0.3, 0.4) is 0 Å². The molecule has 2 nitrogen and oxygen atoms in total. The molecule has 1 aliphatic heterocycles. The van der Waals surface area contributed by atoms with Gasteiger partial charge in [0.1, 0.15) is 5.82 Å². The molecule has 0 aromatic heterocycles. The Morgan fingerprint density at radius 1 is 1.20 bits per heavy atom. The number of nitrogens with one attached hydrogen (secondary N) is 2. The highest BCUT2D eigenvalue weighted by atomic mass is 35.5. The molecule has 1 heterocycles. The van der Waals surface area contributed by atoms with Crippen LogP contribution in [0.2, 0.25) is 10.0 Å². The van der Waals surface area contributed by atoms with Crippen LogP contribution in [0.4, 0.5) is 4.39 Å². The van der Waals surface area contributed by atoms with E-state index in [4.69, 9.17) is 23.2 Å². The van der Waals surface area contributed by atoms with Crippen LogP contribution in [-0.2, 0) is 0 Å². The van der Waals surface area contributed by atoms with Crippen molar-refractivity contribution in [2.75, 3.05) is 19.6 Å². The third kappa shape index (κ3) is 2.42. The van der Waals surface area contributed by atoms with E-state index < -0.39 is 5.82 Å². The fourth-order valence-electron chi connectivity index (χ4n) is 1.68. The van der Waals surface area contributed by atoms with Gasteiger partial charge in [-0.15, -0.1) is 0 Å². The van der Waals surface area contributed by atoms with Crippen LogP contribution in [-0.4, -0.2) is 19.6 Å². The fourth-order valence-corrected chi connectivity index (χ4v) is 2.19. The Morgan fingerprint density at radius 2 is 2.00 bits per heavy atom. The molecule has 0 spiro atoms.